The molecule has 1 saturated carbocycles. The zero-order chi connectivity index (χ0) is 17.2. The van der Waals surface area contributed by atoms with Crippen molar-refractivity contribution in [2.75, 3.05) is 5.32 Å². The zero-order valence-corrected chi connectivity index (χ0v) is 14.4. The molecule has 0 bridgehead atoms. The molecule has 24 heavy (non-hydrogen) atoms. The van der Waals surface area contributed by atoms with Crippen LogP contribution in [-0.4, -0.2) is 5.11 Å². The van der Waals surface area contributed by atoms with Gasteiger partial charge in [0.1, 0.15) is 11.6 Å². The second-order valence-electron chi connectivity index (χ2n) is 6.31. The molecule has 0 heterocycles. The third-order valence-electron chi connectivity index (χ3n) is 4.65. The van der Waals surface area contributed by atoms with E-state index in [0.29, 0.717) is 5.11 Å². The van der Waals surface area contributed by atoms with Crippen LogP contribution in [0, 0.1) is 18.6 Å². The fourth-order valence-corrected chi connectivity index (χ4v) is 3.82. The summed E-state index contributed by atoms with van der Waals surface area (Å²) in [7, 11) is 0. The standard InChI is InChI=1S/C19H20F2N2S/c1-13-6-2-3-7-15(13)19(10-4-5-11-19)23-18(24)22-17-9-8-14(20)12-16(17)21/h2-3,6-9,12H,4-5,10-11H2,1H3,(H2,22,23,24). The third-order valence-corrected chi connectivity index (χ3v) is 4.85. The monoisotopic (exact) mass is 346 g/mol. The van der Waals surface area contributed by atoms with Crippen LogP contribution in [0.15, 0.2) is 42.5 Å². The molecule has 1 aliphatic carbocycles. The van der Waals surface area contributed by atoms with Gasteiger partial charge in [0.2, 0.25) is 0 Å². The van der Waals surface area contributed by atoms with Crippen LogP contribution in [-0.2, 0) is 5.54 Å². The quantitative estimate of drug-likeness (QED) is 0.762. The van der Waals surface area contributed by atoms with Crippen molar-refractivity contribution >= 4 is 23.0 Å². The Morgan fingerprint density at radius 1 is 1.08 bits per heavy atom. The Kier molecular flexibility index (Phi) is 4.81. The molecule has 2 nitrogen and oxygen atoms in total. The number of hydrogen-bond acceptors (Lipinski definition) is 1. The molecule has 1 fully saturated rings. The highest BCUT2D eigenvalue weighted by molar-refractivity contribution is 7.80. The Morgan fingerprint density at radius 3 is 2.46 bits per heavy atom. The van der Waals surface area contributed by atoms with Crippen LogP contribution in [0.5, 0.6) is 0 Å². The van der Waals surface area contributed by atoms with Crippen molar-refractivity contribution in [3.63, 3.8) is 0 Å². The van der Waals surface area contributed by atoms with Crippen molar-refractivity contribution in [2.45, 2.75) is 38.1 Å². The Balaban J connectivity index is 1.81. The van der Waals surface area contributed by atoms with E-state index in [1.54, 1.807) is 0 Å². The maximum atomic E-state index is 13.8. The largest absolute Gasteiger partial charge is 0.353 e. The smallest absolute Gasteiger partial charge is 0.171 e. The summed E-state index contributed by atoms with van der Waals surface area (Å²) >= 11 is 5.40. The number of rotatable bonds is 3. The molecule has 0 unspecified atom stereocenters. The minimum atomic E-state index is -0.657. The summed E-state index contributed by atoms with van der Waals surface area (Å²) in [6, 6.07) is 11.7. The highest BCUT2D eigenvalue weighted by Gasteiger charge is 2.37. The Bertz CT molecular complexity index is 755. The van der Waals surface area contributed by atoms with Crippen molar-refractivity contribution in [2.24, 2.45) is 0 Å². The predicted octanol–water partition coefficient (Wildman–Crippen LogP) is 5.03. The first-order valence-electron chi connectivity index (χ1n) is 8.10. The molecule has 0 amide bonds. The number of thiocarbonyl (C=S) groups is 1. The summed E-state index contributed by atoms with van der Waals surface area (Å²) < 4.78 is 26.8. The van der Waals surface area contributed by atoms with Crippen molar-refractivity contribution in [1.82, 2.24) is 5.32 Å². The lowest BCUT2D eigenvalue weighted by Crippen LogP contribution is -2.46. The van der Waals surface area contributed by atoms with Crippen LogP contribution in [0.25, 0.3) is 0 Å². The minimum absolute atomic E-state index is 0.173. The molecule has 0 atom stereocenters. The summed E-state index contributed by atoms with van der Waals surface area (Å²) in [5, 5.41) is 6.61. The van der Waals surface area contributed by atoms with Gasteiger partial charge in [-0.1, -0.05) is 37.1 Å². The summed E-state index contributed by atoms with van der Waals surface area (Å²) in [6.45, 7) is 2.09. The maximum Gasteiger partial charge on any atom is 0.171 e. The van der Waals surface area contributed by atoms with Crippen LogP contribution in [0.3, 0.4) is 0 Å². The molecule has 0 aliphatic heterocycles. The van der Waals surface area contributed by atoms with Gasteiger partial charge in [-0.25, -0.2) is 8.78 Å². The average Bonchev–Trinajstić information content (AvgIpc) is 3.00. The van der Waals surface area contributed by atoms with Gasteiger partial charge in [-0.3, -0.25) is 0 Å². The number of benzene rings is 2. The van der Waals surface area contributed by atoms with Gasteiger partial charge in [0.05, 0.1) is 11.2 Å². The van der Waals surface area contributed by atoms with Gasteiger partial charge in [-0.05, 0) is 55.2 Å². The van der Waals surface area contributed by atoms with E-state index in [0.717, 1.165) is 31.7 Å². The van der Waals surface area contributed by atoms with Gasteiger partial charge in [0, 0.05) is 6.07 Å². The van der Waals surface area contributed by atoms with Crippen LogP contribution in [0.2, 0.25) is 0 Å². The first kappa shape index (κ1) is 16.8. The predicted molar refractivity (Wildman–Crippen MR) is 97.0 cm³/mol. The maximum absolute atomic E-state index is 13.8. The molecule has 1 aliphatic rings. The fraction of sp³-hybridized carbons (Fsp3) is 0.316. The highest BCUT2D eigenvalue weighted by Crippen LogP contribution is 2.40. The number of anilines is 1. The van der Waals surface area contributed by atoms with Gasteiger partial charge in [0.15, 0.2) is 5.11 Å². The SMILES string of the molecule is Cc1ccccc1C1(NC(=S)Nc2ccc(F)cc2F)CCCC1. The minimum Gasteiger partial charge on any atom is -0.353 e. The van der Waals surface area contributed by atoms with Gasteiger partial charge >= 0.3 is 0 Å². The molecule has 0 saturated heterocycles. The van der Waals surface area contributed by atoms with Crippen molar-refractivity contribution in [3.8, 4) is 0 Å². The fourth-order valence-electron chi connectivity index (χ4n) is 3.51. The molecule has 2 aromatic rings. The number of aryl methyl sites for hydroxylation is 1. The summed E-state index contributed by atoms with van der Waals surface area (Å²) in [5.74, 6) is -1.26. The molecule has 0 radical (unpaired) electrons. The zero-order valence-electron chi connectivity index (χ0n) is 13.5. The molecule has 2 N–H and O–H groups in total. The van der Waals surface area contributed by atoms with E-state index in [4.69, 9.17) is 12.2 Å². The second kappa shape index (κ2) is 6.85. The molecular formula is C19H20F2N2S. The van der Waals surface area contributed by atoms with E-state index < -0.39 is 11.6 Å². The van der Waals surface area contributed by atoms with E-state index in [1.807, 2.05) is 12.1 Å². The summed E-state index contributed by atoms with van der Waals surface area (Å²) in [4.78, 5) is 0. The van der Waals surface area contributed by atoms with Crippen LogP contribution < -0.4 is 10.6 Å². The lowest BCUT2D eigenvalue weighted by molar-refractivity contribution is 0.406. The van der Waals surface area contributed by atoms with Crippen LogP contribution in [0.1, 0.15) is 36.8 Å². The Labute approximate surface area is 146 Å². The number of nitrogens with one attached hydrogen (secondary N) is 2. The molecule has 126 valence electrons. The average molecular weight is 346 g/mol. The van der Waals surface area contributed by atoms with E-state index in [2.05, 4.69) is 29.7 Å². The van der Waals surface area contributed by atoms with Crippen LogP contribution in [0.4, 0.5) is 14.5 Å². The Hall–Kier alpha value is -2.01. The van der Waals surface area contributed by atoms with Gasteiger partial charge in [0.25, 0.3) is 0 Å². The summed E-state index contributed by atoms with van der Waals surface area (Å²) in [5.41, 5.74) is 2.38. The lowest BCUT2D eigenvalue weighted by atomic mass is 9.85. The molecule has 0 spiro atoms. The topological polar surface area (TPSA) is 24.1 Å². The van der Waals surface area contributed by atoms with E-state index in [1.165, 1.54) is 23.3 Å². The van der Waals surface area contributed by atoms with Crippen molar-refractivity contribution in [1.29, 1.82) is 0 Å². The Morgan fingerprint density at radius 2 is 1.79 bits per heavy atom. The normalized spacial score (nSPS) is 16.0. The first-order chi connectivity index (χ1) is 11.5. The van der Waals surface area contributed by atoms with E-state index >= 15 is 0 Å². The second-order valence-corrected chi connectivity index (χ2v) is 6.72. The van der Waals surface area contributed by atoms with Crippen LogP contribution >= 0.6 is 12.2 Å². The van der Waals surface area contributed by atoms with Gasteiger partial charge in [-0.15, -0.1) is 0 Å². The highest BCUT2D eigenvalue weighted by atomic mass is 32.1. The molecular weight excluding hydrogens is 326 g/mol. The van der Waals surface area contributed by atoms with Crippen molar-refractivity contribution < 1.29 is 8.78 Å². The number of hydrogen-bond donors (Lipinski definition) is 2. The molecule has 5 heteroatoms. The third kappa shape index (κ3) is 3.41. The first-order valence-corrected chi connectivity index (χ1v) is 8.51. The van der Waals surface area contributed by atoms with E-state index in [-0.39, 0.29) is 11.2 Å². The molecule has 2 aromatic carbocycles. The van der Waals surface area contributed by atoms with Gasteiger partial charge < -0.3 is 10.6 Å². The lowest BCUT2D eigenvalue weighted by Gasteiger charge is -2.33. The van der Waals surface area contributed by atoms with Gasteiger partial charge in [-0.2, -0.15) is 0 Å². The molecule has 3 rings (SSSR count). The number of halogens is 2. The van der Waals surface area contributed by atoms with E-state index in [9.17, 15) is 8.78 Å². The summed E-state index contributed by atoms with van der Waals surface area (Å²) in [6.07, 6.45) is 4.20. The van der Waals surface area contributed by atoms with Crippen molar-refractivity contribution in [3.05, 3.63) is 65.2 Å². The molecule has 0 aromatic heterocycles.